The lowest BCUT2D eigenvalue weighted by Gasteiger charge is -2.45. The van der Waals surface area contributed by atoms with Crippen molar-refractivity contribution in [1.82, 2.24) is 4.90 Å². The zero-order valence-corrected chi connectivity index (χ0v) is 14.0. The van der Waals surface area contributed by atoms with Gasteiger partial charge in [-0.3, -0.25) is 4.90 Å². The zero-order valence-electron chi connectivity index (χ0n) is 13.2. The summed E-state index contributed by atoms with van der Waals surface area (Å²) in [5.41, 5.74) is 2.59. The topological polar surface area (TPSA) is 37.4 Å². The van der Waals surface area contributed by atoms with Crippen molar-refractivity contribution in [2.75, 3.05) is 18.1 Å². The van der Waals surface area contributed by atoms with Gasteiger partial charge < -0.3 is 0 Å². The van der Waals surface area contributed by atoms with E-state index in [2.05, 4.69) is 43.9 Å². The molecule has 1 saturated carbocycles. The van der Waals surface area contributed by atoms with Crippen LogP contribution in [0.25, 0.3) is 0 Å². The van der Waals surface area contributed by atoms with Crippen LogP contribution < -0.4 is 0 Å². The minimum absolute atomic E-state index is 0.000509. The van der Waals surface area contributed by atoms with Crippen molar-refractivity contribution in [3.63, 3.8) is 0 Å². The molecule has 0 amide bonds. The van der Waals surface area contributed by atoms with Crippen molar-refractivity contribution in [1.29, 1.82) is 0 Å². The van der Waals surface area contributed by atoms with E-state index >= 15 is 0 Å². The van der Waals surface area contributed by atoms with Crippen LogP contribution in [0.4, 0.5) is 0 Å². The second kappa shape index (κ2) is 5.10. The third kappa shape index (κ3) is 3.16. The first-order valence-corrected chi connectivity index (χ1v) is 9.66. The Kier molecular flexibility index (Phi) is 3.65. The Morgan fingerprint density at radius 3 is 2.29 bits per heavy atom. The van der Waals surface area contributed by atoms with Gasteiger partial charge in [0.15, 0.2) is 9.84 Å². The van der Waals surface area contributed by atoms with Gasteiger partial charge in [0.1, 0.15) is 0 Å². The van der Waals surface area contributed by atoms with E-state index in [-0.39, 0.29) is 23.1 Å². The lowest BCUT2D eigenvalue weighted by Crippen LogP contribution is -2.52. The van der Waals surface area contributed by atoms with Crippen LogP contribution in [-0.2, 0) is 9.84 Å². The molecule has 3 rings (SSSR count). The SMILES string of the molecule is CC(C)(C)N1CCS(=O)(=O)CC1c1ccccc1C1CC1. The summed E-state index contributed by atoms with van der Waals surface area (Å²) < 4.78 is 24.4. The van der Waals surface area contributed by atoms with Crippen LogP contribution in [0.5, 0.6) is 0 Å². The van der Waals surface area contributed by atoms with Gasteiger partial charge >= 0.3 is 0 Å². The van der Waals surface area contributed by atoms with E-state index in [1.54, 1.807) is 0 Å². The predicted molar refractivity (Wildman–Crippen MR) is 86.3 cm³/mol. The van der Waals surface area contributed by atoms with Crippen molar-refractivity contribution >= 4 is 9.84 Å². The normalized spacial score (nSPS) is 26.7. The van der Waals surface area contributed by atoms with E-state index in [0.717, 1.165) is 0 Å². The van der Waals surface area contributed by atoms with Crippen LogP contribution in [-0.4, -0.2) is 36.9 Å². The number of rotatable bonds is 2. The molecule has 0 radical (unpaired) electrons. The van der Waals surface area contributed by atoms with Crippen molar-refractivity contribution in [2.45, 2.75) is 51.1 Å². The number of sulfone groups is 1. The van der Waals surface area contributed by atoms with E-state index in [4.69, 9.17) is 0 Å². The molecular weight excluding hydrogens is 282 g/mol. The van der Waals surface area contributed by atoms with Crippen LogP contribution in [0.2, 0.25) is 0 Å². The van der Waals surface area contributed by atoms with Gasteiger partial charge in [-0.15, -0.1) is 0 Å². The Morgan fingerprint density at radius 1 is 1.10 bits per heavy atom. The highest BCUT2D eigenvalue weighted by Gasteiger charge is 2.39. The number of hydrogen-bond acceptors (Lipinski definition) is 3. The molecule has 3 nitrogen and oxygen atoms in total. The van der Waals surface area contributed by atoms with Gasteiger partial charge in [0.05, 0.1) is 11.5 Å². The summed E-state index contributed by atoms with van der Waals surface area (Å²) in [6.07, 6.45) is 2.48. The molecule has 0 spiro atoms. The molecule has 116 valence electrons. The maximum atomic E-state index is 12.2. The third-order valence-corrected chi connectivity index (χ3v) is 6.29. The van der Waals surface area contributed by atoms with E-state index in [1.165, 1.54) is 24.0 Å². The number of benzene rings is 1. The van der Waals surface area contributed by atoms with Crippen LogP contribution in [0.15, 0.2) is 24.3 Å². The molecule has 1 atom stereocenters. The molecule has 2 aliphatic rings. The molecule has 1 aromatic carbocycles. The van der Waals surface area contributed by atoms with E-state index in [0.29, 0.717) is 12.5 Å². The zero-order chi connectivity index (χ0) is 15.3. The summed E-state index contributed by atoms with van der Waals surface area (Å²) in [5.74, 6) is 1.19. The van der Waals surface area contributed by atoms with Gasteiger partial charge in [0, 0.05) is 18.1 Å². The van der Waals surface area contributed by atoms with Crippen LogP contribution in [0.3, 0.4) is 0 Å². The molecule has 1 saturated heterocycles. The second-order valence-electron chi connectivity index (χ2n) is 7.40. The fourth-order valence-electron chi connectivity index (χ4n) is 3.45. The molecule has 1 aliphatic heterocycles. The van der Waals surface area contributed by atoms with E-state index in [1.807, 2.05) is 6.07 Å². The van der Waals surface area contributed by atoms with Gasteiger partial charge in [-0.05, 0) is 50.7 Å². The predicted octanol–water partition coefficient (Wildman–Crippen LogP) is 3.13. The maximum absolute atomic E-state index is 12.2. The summed E-state index contributed by atoms with van der Waals surface area (Å²) in [5, 5.41) is 0. The van der Waals surface area contributed by atoms with Gasteiger partial charge in [0.2, 0.25) is 0 Å². The third-order valence-electron chi connectivity index (χ3n) is 4.67. The molecule has 21 heavy (non-hydrogen) atoms. The van der Waals surface area contributed by atoms with Crippen molar-refractivity contribution in [3.05, 3.63) is 35.4 Å². The van der Waals surface area contributed by atoms with Crippen LogP contribution >= 0.6 is 0 Å². The summed E-state index contributed by atoms with van der Waals surface area (Å²) in [4.78, 5) is 2.37. The first-order chi connectivity index (χ1) is 9.78. The fourth-order valence-corrected chi connectivity index (χ4v) is 4.93. The molecule has 1 unspecified atom stereocenters. The first kappa shape index (κ1) is 15.0. The summed E-state index contributed by atoms with van der Waals surface area (Å²) in [6, 6.07) is 8.45. The van der Waals surface area contributed by atoms with Gasteiger partial charge in [0.25, 0.3) is 0 Å². The minimum atomic E-state index is -2.94. The first-order valence-electron chi connectivity index (χ1n) is 7.84. The molecule has 1 heterocycles. The average molecular weight is 307 g/mol. The fraction of sp³-hybridized carbons (Fsp3) is 0.647. The van der Waals surface area contributed by atoms with Gasteiger partial charge in [-0.1, -0.05) is 24.3 Å². The Morgan fingerprint density at radius 2 is 1.71 bits per heavy atom. The standard InChI is InChI=1S/C17H25NO2S/c1-17(2,3)18-10-11-21(19,20)12-16(18)15-7-5-4-6-14(15)13-8-9-13/h4-7,13,16H,8-12H2,1-3H3. The minimum Gasteiger partial charge on any atom is -0.289 e. The highest BCUT2D eigenvalue weighted by Crippen LogP contribution is 2.45. The van der Waals surface area contributed by atoms with Crippen molar-refractivity contribution < 1.29 is 8.42 Å². The monoisotopic (exact) mass is 307 g/mol. The maximum Gasteiger partial charge on any atom is 0.153 e. The quantitative estimate of drug-likeness (QED) is 0.842. The highest BCUT2D eigenvalue weighted by atomic mass is 32.2. The number of nitrogens with zero attached hydrogens (tertiary/aromatic N) is 1. The summed E-state index contributed by atoms with van der Waals surface area (Å²) in [7, 11) is -2.94. The molecular formula is C17H25NO2S. The molecule has 0 bridgehead atoms. The van der Waals surface area contributed by atoms with Crippen molar-refractivity contribution in [2.24, 2.45) is 0 Å². The van der Waals surface area contributed by atoms with E-state index < -0.39 is 9.84 Å². The summed E-state index contributed by atoms with van der Waals surface area (Å²) >= 11 is 0. The molecule has 0 N–H and O–H groups in total. The molecule has 2 fully saturated rings. The average Bonchev–Trinajstić information content (AvgIpc) is 3.20. The van der Waals surface area contributed by atoms with Crippen molar-refractivity contribution in [3.8, 4) is 0 Å². The number of hydrogen-bond donors (Lipinski definition) is 0. The Balaban J connectivity index is 2.03. The lowest BCUT2D eigenvalue weighted by atomic mass is 9.93. The Bertz CT molecular complexity index is 626. The van der Waals surface area contributed by atoms with Gasteiger partial charge in [-0.25, -0.2) is 8.42 Å². The summed E-state index contributed by atoms with van der Waals surface area (Å²) in [6.45, 7) is 7.17. The molecule has 0 aromatic heterocycles. The van der Waals surface area contributed by atoms with Crippen LogP contribution in [0.1, 0.15) is 56.7 Å². The Hall–Kier alpha value is -0.870. The van der Waals surface area contributed by atoms with Gasteiger partial charge in [-0.2, -0.15) is 0 Å². The van der Waals surface area contributed by atoms with E-state index in [9.17, 15) is 8.42 Å². The van der Waals surface area contributed by atoms with Crippen LogP contribution in [0, 0.1) is 0 Å². The second-order valence-corrected chi connectivity index (χ2v) is 9.63. The largest absolute Gasteiger partial charge is 0.289 e. The smallest absolute Gasteiger partial charge is 0.153 e. The molecule has 1 aromatic rings. The lowest BCUT2D eigenvalue weighted by molar-refractivity contribution is 0.0936. The Labute approximate surface area is 128 Å². The highest BCUT2D eigenvalue weighted by molar-refractivity contribution is 7.91. The molecule has 4 heteroatoms. The molecule has 1 aliphatic carbocycles.